The average Bonchev–Trinajstić information content (AvgIpc) is 3.40. The van der Waals surface area contributed by atoms with E-state index >= 15 is 0 Å². The number of carboxylic acids is 2. The Labute approximate surface area is 485 Å². The molecule has 23 nitrogen and oxygen atoms in total. The minimum absolute atomic E-state index is 0. The largest absolute Gasteiger partial charge is 1.00 e. The molecule has 28 heteroatoms. The third-order valence-electron chi connectivity index (χ3n) is 8.23. The maximum Gasteiger partial charge on any atom is 1.00 e. The molecule has 428 valence electrons. The van der Waals surface area contributed by atoms with Gasteiger partial charge >= 0.3 is 42.7 Å². The maximum absolute atomic E-state index is 11.6. The molecule has 0 spiro atoms. The minimum Gasteiger partial charge on any atom is -0.870 e. The first-order valence-corrected chi connectivity index (χ1v) is 24.3. The van der Waals surface area contributed by atoms with Crippen LogP contribution in [0.4, 0.5) is 0 Å². The monoisotopic (exact) mass is 1160 g/mol. The van der Waals surface area contributed by atoms with Gasteiger partial charge in [0.05, 0.1) is 35.5 Å². The predicted octanol–water partition coefficient (Wildman–Crippen LogP) is 1.49. The van der Waals surface area contributed by atoms with Crippen molar-refractivity contribution < 1.29 is 87.9 Å². The van der Waals surface area contributed by atoms with Crippen LogP contribution in [0.3, 0.4) is 0 Å². The molecule has 0 radical (unpaired) electrons. The quantitative estimate of drug-likeness (QED) is 0.0196. The number of halogens is 2. The van der Waals surface area contributed by atoms with Gasteiger partial charge in [0.15, 0.2) is 0 Å². The van der Waals surface area contributed by atoms with Crippen molar-refractivity contribution in [1.82, 2.24) is 35.9 Å². The summed E-state index contributed by atoms with van der Waals surface area (Å²) in [6, 6.07) is 13.2. The number of amides is 3. The molecule has 4 heterocycles. The smallest absolute Gasteiger partial charge is 0.870 e. The van der Waals surface area contributed by atoms with Crippen LogP contribution < -0.4 is 46.3 Å². The number of hydrogen-bond donors (Lipinski definition) is 9. The summed E-state index contributed by atoms with van der Waals surface area (Å²) in [5.41, 5.74) is 11.9. The second-order valence-corrected chi connectivity index (χ2v) is 15.0. The molecule has 3 amide bonds. The van der Waals surface area contributed by atoms with Gasteiger partial charge in [-0.1, -0.05) is 0 Å². The van der Waals surface area contributed by atoms with E-state index in [1.165, 1.54) is 37.1 Å². The van der Waals surface area contributed by atoms with E-state index in [9.17, 15) is 38.4 Å². The molecule has 0 aliphatic rings. The molecule has 0 aromatic carbocycles. The number of nitrogens with two attached hydrogens (primary N) is 2. The number of nitrogens with one attached hydrogen (secondary N) is 3. The molecule has 12 N–H and O–H groups in total. The van der Waals surface area contributed by atoms with Crippen molar-refractivity contribution in [2.75, 3.05) is 57.4 Å². The Balaban J connectivity index is -0.000000157. The summed E-state index contributed by atoms with van der Waals surface area (Å²) in [5, 5.41) is 24.8. The van der Waals surface area contributed by atoms with E-state index in [-0.39, 0.29) is 102 Å². The number of aromatic nitrogens is 4. The van der Waals surface area contributed by atoms with E-state index in [0.717, 1.165) is 24.3 Å². The first-order valence-electron chi connectivity index (χ1n) is 23.0. The number of carboxylic acid groups (broad SMARTS) is 2. The normalized spacial score (nSPS) is 8.86. The molecule has 0 unspecified atom stereocenters. The van der Waals surface area contributed by atoms with Gasteiger partial charge in [-0.3, -0.25) is 53.5 Å². The fourth-order valence-electron chi connectivity index (χ4n) is 4.76. The summed E-state index contributed by atoms with van der Waals surface area (Å²) >= 11 is 7.85. The van der Waals surface area contributed by atoms with E-state index in [1.54, 1.807) is 74.9 Å². The molecule has 0 bridgehead atoms. The van der Waals surface area contributed by atoms with Crippen molar-refractivity contribution in [3.8, 4) is 0 Å². The number of carbonyl (C=O) groups is 8. The molecule has 0 atom stereocenters. The summed E-state index contributed by atoms with van der Waals surface area (Å²) < 4.78 is 9.42. The summed E-state index contributed by atoms with van der Waals surface area (Å²) in [7, 11) is 0. The molecule has 4 rings (SSSR count). The van der Waals surface area contributed by atoms with Gasteiger partial charge in [-0.15, -0.1) is 24.8 Å². The Kier molecular flexibility index (Phi) is 67.6. The van der Waals surface area contributed by atoms with Crippen LogP contribution >= 0.6 is 50.1 Å². The maximum atomic E-state index is 11.6. The standard InChI is InChI=1S/C13H18N2O2S.C12H16N2O3.C10H12N2O3.C6H5NO2.C6H13NO2.C2H7NS.2ClH.Li.2H2O/c16-12(6-3-9-18)5-2-8-15-13(17)11-4-1-7-14-10-11;1-2-17-11(15)6-4-8-14-12(16)10-5-3-7-13-9-10;13-9(14)4-2-6-12-10(15)8-3-1-5-11-7-8;8-6(9)5-2-1-3-7-4-5;1-2-9-6(8)4-3-5-7;3-1-2-4;;;;;/h1,4,7,10,18H,2-3,5-6,8-9H2,(H,15,17);3,5,7,9H,2,4,6,8H2,1H3,(H,14,16);1,3,5,7H,2,4,6H2,(H,12,15)(H,13,14);1-4H,(H,8,9);2-5,7H2,1H3;4H,1-3H2;2*1H;;2*1H2/q;;;;;;;;+1;;/p-1. The zero-order valence-electron chi connectivity index (χ0n) is 43.8. The number of nitrogens with zero attached hydrogens (tertiary/aromatic N) is 4. The molecule has 4 aromatic heterocycles. The van der Waals surface area contributed by atoms with Crippen LogP contribution in [0.25, 0.3) is 0 Å². The number of pyridine rings is 4. The summed E-state index contributed by atoms with van der Waals surface area (Å²) in [4.78, 5) is 103. The molecule has 0 saturated heterocycles. The Morgan fingerprint density at radius 2 is 0.844 bits per heavy atom. The molecule has 0 aliphatic carbocycles. The number of Topliss-reactive ketones (excluding diaryl/α,β-unsaturated/α-hetero) is 1. The Morgan fingerprint density at radius 3 is 1.12 bits per heavy atom. The number of ether oxygens (including phenoxy) is 2. The van der Waals surface area contributed by atoms with Gasteiger partial charge in [-0.25, -0.2) is 4.79 Å². The molecule has 4 aromatic rings. The van der Waals surface area contributed by atoms with E-state index in [2.05, 4.69) is 65.9 Å². The second kappa shape index (κ2) is 61.1. The summed E-state index contributed by atoms with van der Waals surface area (Å²) in [6.07, 6.45) is 17.3. The number of esters is 2. The predicted molar refractivity (Wildman–Crippen MR) is 299 cm³/mol. The van der Waals surface area contributed by atoms with Gasteiger partial charge in [0.2, 0.25) is 0 Å². The number of aromatic carboxylic acids is 1. The first-order chi connectivity index (χ1) is 34.7. The fourth-order valence-corrected chi connectivity index (χ4v) is 4.92. The number of carbonyl (C=O) groups excluding carboxylic acids is 6. The third kappa shape index (κ3) is 53.5. The van der Waals surface area contributed by atoms with Crippen LogP contribution in [0.5, 0.6) is 0 Å². The number of thiol groups is 2. The van der Waals surface area contributed by atoms with E-state index in [1.807, 2.05) is 0 Å². The molecule has 0 aliphatic heterocycles. The van der Waals surface area contributed by atoms with E-state index in [0.29, 0.717) is 108 Å². The molecule has 77 heavy (non-hydrogen) atoms. The third-order valence-corrected chi connectivity index (χ3v) is 8.81. The van der Waals surface area contributed by atoms with Gasteiger partial charge in [0.1, 0.15) is 5.78 Å². The van der Waals surface area contributed by atoms with E-state index < -0.39 is 11.9 Å². The number of hydrogen-bond acceptors (Lipinski definition) is 19. The SMILES string of the molecule is CCOC(=O)CCCN.CCOC(=O)CCCNC(=O)c1cccnc1.Cl.Cl.NCCS.O.O=C(CCCS)CCCNC(=O)c1cccnc1.O=C(O)CCCNC(=O)c1cccnc1.O=C(O)c1cccnc1.[Li+].[OH-]. The van der Waals surface area contributed by atoms with Crippen LogP contribution in [0.15, 0.2) is 98.1 Å². The van der Waals surface area contributed by atoms with Gasteiger partial charge in [0, 0.05) is 114 Å². The molecule has 0 saturated carbocycles. The Morgan fingerprint density at radius 1 is 0.519 bits per heavy atom. The van der Waals surface area contributed by atoms with Crippen molar-refractivity contribution in [3.63, 3.8) is 0 Å². The van der Waals surface area contributed by atoms with Crippen molar-refractivity contribution in [1.29, 1.82) is 0 Å². The second-order valence-electron chi connectivity index (χ2n) is 14.1. The van der Waals surface area contributed by atoms with Crippen molar-refractivity contribution in [3.05, 3.63) is 120 Å². The van der Waals surface area contributed by atoms with Crippen LogP contribution in [0.1, 0.15) is 119 Å². The molecular weight excluding hydrogens is 1080 g/mol. The van der Waals surface area contributed by atoms with Crippen molar-refractivity contribution >= 4 is 97.5 Å². The summed E-state index contributed by atoms with van der Waals surface area (Å²) in [6.45, 7) is 6.97. The fraction of sp³-hybridized carbons (Fsp3) is 0.429. The molecule has 0 fully saturated rings. The number of ketones is 1. The topological polar surface area (TPSA) is 397 Å². The zero-order valence-corrected chi connectivity index (χ0v) is 47.2. The first kappa shape index (κ1) is 85.2. The van der Waals surface area contributed by atoms with Crippen molar-refractivity contribution in [2.24, 2.45) is 11.5 Å². The minimum atomic E-state index is -0.942. The Hall–Kier alpha value is -5.72. The Bertz CT molecular complexity index is 2090. The average molecular weight is 1160 g/mol. The van der Waals surface area contributed by atoms with E-state index in [4.69, 9.17) is 26.4 Å². The van der Waals surface area contributed by atoms with Crippen molar-refractivity contribution in [2.45, 2.75) is 78.1 Å². The molecular formula is C49H76Cl2LiN9O14S2. The van der Waals surface area contributed by atoms with Gasteiger partial charge in [-0.2, -0.15) is 25.3 Å². The van der Waals surface area contributed by atoms with Crippen LogP contribution in [0.2, 0.25) is 0 Å². The zero-order chi connectivity index (χ0) is 54.0. The van der Waals surface area contributed by atoms with Crippen LogP contribution in [0, 0.1) is 0 Å². The van der Waals surface area contributed by atoms with Gasteiger partial charge < -0.3 is 58.1 Å². The van der Waals surface area contributed by atoms with Crippen LogP contribution in [-0.2, 0) is 28.7 Å². The summed E-state index contributed by atoms with van der Waals surface area (Å²) in [5.74, 6) is -0.968. The van der Waals surface area contributed by atoms with Crippen LogP contribution in [-0.4, -0.2) is 146 Å². The number of rotatable bonds is 25. The van der Waals surface area contributed by atoms with Gasteiger partial charge in [0.25, 0.3) is 17.7 Å². The number of aliphatic carboxylic acids is 1. The van der Waals surface area contributed by atoms with Gasteiger partial charge in [-0.05, 0) is 107 Å².